The minimum Gasteiger partial charge on any atom is -0.444 e. The number of hydrogen-bond acceptors (Lipinski definition) is 5. The van der Waals surface area contributed by atoms with E-state index in [9.17, 15) is 9.59 Å². The third-order valence-corrected chi connectivity index (χ3v) is 3.25. The van der Waals surface area contributed by atoms with Crippen molar-refractivity contribution in [1.82, 2.24) is 10.6 Å². The Balaban J connectivity index is 2.93. The monoisotopic (exact) mass is 322 g/mol. The zero-order valence-corrected chi connectivity index (χ0v) is 15.1. The van der Waals surface area contributed by atoms with Gasteiger partial charge in [0.15, 0.2) is 12.1 Å². The van der Waals surface area contributed by atoms with Crippen molar-refractivity contribution >= 4 is 18.2 Å². The highest BCUT2D eigenvalue weighted by Crippen LogP contribution is 2.22. The summed E-state index contributed by atoms with van der Waals surface area (Å²) in [7, 11) is 0. The SMILES string of the molecule is CC1=CC(C)(C(=O)[C@H](CC(C)C)NC(=O)OC(C)(C)C)N=[C]N1. The predicted molar refractivity (Wildman–Crippen MR) is 90.4 cm³/mol. The molecule has 0 spiro atoms. The third kappa shape index (κ3) is 6.04. The van der Waals surface area contributed by atoms with Crippen LogP contribution in [-0.2, 0) is 9.53 Å². The standard InChI is InChI=1S/C17H28N3O3/c1-11(2)8-13(20-15(22)23-16(4,5)6)14(21)17(7)9-12(3)18-10-19-17/h9,11,13H,8H2,1-7H3,(H,18,19)(H,20,22)/t13-,17?/m0/s1. The molecule has 2 atom stereocenters. The highest BCUT2D eigenvalue weighted by molar-refractivity contribution is 5.98. The Kier molecular flexibility index (Phi) is 5.97. The lowest BCUT2D eigenvalue weighted by Crippen LogP contribution is -2.51. The van der Waals surface area contributed by atoms with Gasteiger partial charge >= 0.3 is 6.09 Å². The van der Waals surface area contributed by atoms with Gasteiger partial charge in [0, 0.05) is 5.70 Å². The minimum atomic E-state index is -1.04. The first kappa shape index (κ1) is 19.2. The van der Waals surface area contributed by atoms with Crippen LogP contribution in [0.2, 0.25) is 0 Å². The number of ketones is 1. The van der Waals surface area contributed by atoms with Crippen molar-refractivity contribution < 1.29 is 14.3 Å². The maximum absolute atomic E-state index is 12.9. The van der Waals surface area contributed by atoms with Crippen LogP contribution in [0, 0.1) is 5.92 Å². The summed E-state index contributed by atoms with van der Waals surface area (Å²) in [5.41, 5.74) is -0.850. The van der Waals surface area contributed by atoms with Crippen LogP contribution < -0.4 is 10.6 Å². The molecule has 1 amide bonds. The van der Waals surface area contributed by atoms with Gasteiger partial charge in [0.1, 0.15) is 11.1 Å². The molecule has 2 N–H and O–H groups in total. The van der Waals surface area contributed by atoms with Gasteiger partial charge in [0.25, 0.3) is 0 Å². The number of nitrogens with one attached hydrogen (secondary N) is 2. The average molecular weight is 322 g/mol. The molecule has 0 fully saturated rings. The fraction of sp³-hybridized carbons (Fsp3) is 0.706. The van der Waals surface area contributed by atoms with Crippen molar-refractivity contribution in [3.63, 3.8) is 0 Å². The second-order valence-corrected chi connectivity index (χ2v) is 7.52. The van der Waals surface area contributed by atoms with Gasteiger partial charge < -0.3 is 15.4 Å². The summed E-state index contributed by atoms with van der Waals surface area (Å²) in [6.45, 7) is 12.9. The smallest absolute Gasteiger partial charge is 0.408 e. The van der Waals surface area contributed by atoms with Gasteiger partial charge in [-0.3, -0.25) is 4.79 Å². The highest BCUT2D eigenvalue weighted by Gasteiger charge is 2.38. The summed E-state index contributed by atoms with van der Waals surface area (Å²) in [5, 5.41) is 5.52. The molecule has 0 bridgehead atoms. The van der Waals surface area contributed by atoms with Crippen LogP contribution in [0.3, 0.4) is 0 Å². The lowest BCUT2D eigenvalue weighted by Gasteiger charge is -2.30. The van der Waals surface area contributed by atoms with Crippen LogP contribution in [0.15, 0.2) is 16.8 Å². The van der Waals surface area contributed by atoms with E-state index in [2.05, 4.69) is 22.0 Å². The normalized spacial score (nSPS) is 22.2. The second kappa shape index (κ2) is 7.15. The van der Waals surface area contributed by atoms with Crippen molar-refractivity contribution in [2.45, 2.75) is 72.1 Å². The van der Waals surface area contributed by atoms with Gasteiger partial charge in [-0.1, -0.05) is 13.8 Å². The van der Waals surface area contributed by atoms with Crippen LogP contribution >= 0.6 is 0 Å². The zero-order valence-electron chi connectivity index (χ0n) is 15.1. The number of nitrogens with zero attached hydrogens (tertiary/aromatic N) is 1. The van der Waals surface area contributed by atoms with Crippen molar-refractivity contribution in [3.8, 4) is 0 Å². The van der Waals surface area contributed by atoms with E-state index in [1.54, 1.807) is 33.8 Å². The number of carbonyl (C=O) groups excluding carboxylic acids is 2. The topological polar surface area (TPSA) is 79.8 Å². The Bertz CT molecular complexity index is 518. The Hall–Kier alpha value is -1.85. The molecule has 0 aliphatic carbocycles. The van der Waals surface area contributed by atoms with E-state index >= 15 is 0 Å². The van der Waals surface area contributed by atoms with Crippen molar-refractivity contribution in [3.05, 3.63) is 11.8 Å². The first-order valence-corrected chi connectivity index (χ1v) is 7.89. The van der Waals surface area contributed by atoms with E-state index in [0.717, 1.165) is 5.70 Å². The van der Waals surface area contributed by atoms with E-state index in [4.69, 9.17) is 4.74 Å². The van der Waals surface area contributed by atoms with Crippen molar-refractivity contribution in [2.24, 2.45) is 10.9 Å². The molecule has 1 aliphatic heterocycles. The number of rotatable bonds is 5. The van der Waals surface area contributed by atoms with Gasteiger partial charge in [0.05, 0.1) is 6.04 Å². The summed E-state index contributed by atoms with van der Waals surface area (Å²) >= 11 is 0. The van der Waals surface area contributed by atoms with E-state index in [1.165, 1.54) is 0 Å². The molecule has 1 rings (SSSR count). The van der Waals surface area contributed by atoms with Crippen LogP contribution in [0.25, 0.3) is 0 Å². The summed E-state index contributed by atoms with van der Waals surface area (Å²) < 4.78 is 5.27. The number of aliphatic imine (C=N–C) groups is 1. The molecule has 1 aliphatic rings. The Labute approximate surface area is 138 Å². The number of amides is 1. The molecule has 23 heavy (non-hydrogen) atoms. The molecule has 1 heterocycles. The van der Waals surface area contributed by atoms with Gasteiger partial charge in [-0.05, 0) is 53.0 Å². The number of allylic oxidation sites excluding steroid dienone is 1. The number of hydrogen-bond donors (Lipinski definition) is 2. The molecule has 1 unspecified atom stereocenters. The number of Topliss-reactive ketones (excluding diaryl/α,β-unsaturated/α-hetero) is 1. The molecule has 6 nitrogen and oxygen atoms in total. The zero-order chi connectivity index (χ0) is 17.8. The first-order chi connectivity index (χ1) is 10.4. The van der Waals surface area contributed by atoms with Crippen LogP contribution in [0.1, 0.15) is 54.9 Å². The number of alkyl carbamates (subject to hydrolysis) is 1. The molecule has 0 aromatic carbocycles. The third-order valence-electron chi connectivity index (χ3n) is 3.25. The average Bonchev–Trinajstić information content (AvgIpc) is 2.33. The van der Waals surface area contributed by atoms with Gasteiger partial charge in [-0.25, -0.2) is 9.79 Å². The quantitative estimate of drug-likeness (QED) is 0.815. The van der Waals surface area contributed by atoms with E-state index in [1.807, 2.05) is 20.8 Å². The van der Waals surface area contributed by atoms with Crippen LogP contribution in [-0.4, -0.2) is 35.4 Å². The maximum atomic E-state index is 12.9. The summed E-state index contributed by atoms with van der Waals surface area (Å²) in [4.78, 5) is 29.1. The highest BCUT2D eigenvalue weighted by atomic mass is 16.6. The van der Waals surface area contributed by atoms with Gasteiger partial charge in [-0.15, -0.1) is 0 Å². The van der Waals surface area contributed by atoms with Crippen LogP contribution in [0.4, 0.5) is 4.79 Å². The van der Waals surface area contributed by atoms with E-state index in [0.29, 0.717) is 6.42 Å². The fourth-order valence-electron chi connectivity index (χ4n) is 2.35. The molecule has 1 radical (unpaired) electrons. The lowest BCUT2D eigenvalue weighted by atomic mass is 9.86. The molecule has 0 aromatic heterocycles. The first-order valence-electron chi connectivity index (χ1n) is 7.89. The molecule has 0 saturated carbocycles. The Morgan fingerprint density at radius 3 is 2.52 bits per heavy atom. The number of ether oxygens (including phenoxy) is 1. The Morgan fingerprint density at radius 1 is 1.43 bits per heavy atom. The molecule has 0 saturated heterocycles. The van der Waals surface area contributed by atoms with Crippen LogP contribution in [0.5, 0.6) is 0 Å². The maximum Gasteiger partial charge on any atom is 0.408 e. The fourth-order valence-corrected chi connectivity index (χ4v) is 2.35. The molecular formula is C17H28N3O3. The van der Waals surface area contributed by atoms with Crippen molar-refractivity contribution in [2.75, 3.05) is 0 Å². The lowest BCUT2D eigenvalue weighted by molar-refractivity contribution is -0.124. The molecule has 6 heteroatoms. The predicted octanol–water partition coefficient (Wildman–Crippen LogP) is 2.67. The summed E-state index contributed by atoms with van der Waals surface area (Å²) in [6, 6.07) is -0.664. The van der Waals surface area contributed by atoms with E-state index < -0.39 is 23.3 Å². The van der Waals surface area contributed by atoms with Gasteiger partial charge in [-0.2, -0.15) is 0 Å². The molecule has 129 valence electrons. The largest absolute Gasteiger partial charge is 0.444 e. The molecule has 0 aromatic rings. The van der Waals surface area contributed by atoms with E-state index in [-0.39, 0.29) is 11.7 Å². The number of carbonyl (C=O) groups is 2. The summed E-state index contributed by atoms with van der Waals surface area (Å²) in [6.07, 6.45) is 4.32. The minimum absolute atomic E-state index is 0.176. The second-order valence-electron chi connectivity index (χ2n) is 7.52. The molecular weight excluding hydrogens is 294 g/mol. The summed E-state index contributed by atoms with van der Waals surface area (Å²) in [5.74, 6) is 0.0626. The van der Waals surface area contributed by atoms with Gasteiger partial charge in [0.2, 0.25) is 0 Å². The Morgan fingerprint density at radius 2 is 2.04 bits per heavy atom. The van der Waals surface area contributed by atoms with Crippen molar-refractivity contribution in [1.29, 1.82) is 0 Å².